The van der Waals surface area contributed by atoms with Gasteiger partial charge in [0.05, 0.1) is 13.0 Å². The van der Waals surface area contributed by atoms with E-state index in [1.54, 1.807) is 0 Å². The molecule has 0 aromatic heterocycles. The summed E-state index contributed by atoms with van der Waals surface area (Å²) in [6, 6.07) is 0. The molecule has 0 aliphatic carbocycles. The zero-order valence-corrected chi connectivity index (χ0v) is 8.75. The zero-order valence-electron chi connectivity index (χ0n) is 8.75. The molecule has 0 rings (SSSR count). The van der Waals surface area contributed by atoms with E-state index in [-0.39, 0.29) is 5.97 Å². The number of carbonyl (C=O) groups is 1. The molecular formula is C11H18O3. The maximum Gasteiger partial charge on any atom is 0.306 e. The molecule has 0 aliphatic heterocycles. The number of carbonyl (C=O) groups excluding carboxylic acids is 1. The lowest BCUT2D eigenvalue weighted by atomic mass is 10.3. The molecule has 0 radical (unpaired) electrons. The van der Waals surface area contributed by atoms with Crippen molar-refractivity contribution in [1.29, 1.82) is 0 Å². The van der Waals surface area contributed by atoms with E-state index in [0.29, 0.717) is 26.1 Å². The first-order valence-electron chi connectivity index (χ1n) is 4.98. The first kappa shape index (κ1) is 13.0. The first-order chi connectivity index (χ1) is 6.81. The summed E-state index contributed by atoms with van der Waals surface area (Å²) < 4.78 is 10.1. The van der Waals surface area contributed by atoms with Crippen LogP contribution in [0.5, 0.6) is 0 Å². The van der Waals surface area contributed by atoms with Crippen molar-refractivity contribution < 1.29 is 14.3 Å². The van der Waals surface area contributed by atoms with Crippen molar-refractivity contribution in [3.8, 4) is 12.3 Å². The van der Waals surface area contributed by atoms with E-state index in [2.05, 4.69) is 12.8 Å². The molecule has 0 spiro atoms. The van der Waals surface area contributed by atoms with Crippen molar-refractivity contribution in [3.05, 3.63) is 0 Å². The average Bonchev–Trinajstić information content (AvgIpc) is 2.20. The lowest BCUT2D eigenvalue weighted by Gasteiger charge is -2.04. The smallest absolute Gasteiger partial charge is 0.306 e. The molecule has 0 N–H and O–H groups in total. The van der Waals surface area contributed by atoms with E-state index >= 15 is 0 Å². The quantitative estimate of drug-likeness (QED) is 0.339. The Hall–Kier alpha value is -1.01. The molecule has 0 unspecified atom stereocenters. The van der Waals surface area contributed by atoms with E-state index in [9.17, 15) is 4.79 Å². The Morgan fingerprint density at radius 3 is 2.79 bits per heavy atom. The number of ether oxygens (including phenoxy) is 2. The van der Waals surface area contributed by atoms with Crippen LogP contribution in [0.2, 0.25) is 0 Å². The van der Waals surface area contributed by atoms with Gasteiger partial charge in [0.1, 0.15) is 6.61 Å². The van der Waals surface area contributed by atoms with Gasteiger partial charge in [0, 0.05) is 13.0 Å². The van der Waals surface area contributed by atoms with Crippen molar-refractivity contribution in [2.45, 2.75) is 32.6 Å². The third-order valence-corrected chi connectivity index (χ3v) is 1.61. The van der Waals surface area contributed by atoms with Crippen LogP contribution in [0, 0.1) is 12.3 Å². The third kappa shape index (κ3) is 9.08. The fourth-order valence-corrected chi connectivity index (χ4v) is 0.809. The molecule has 14 heavy (non-hydrogen) atoms. The van der Waals surface area contributed by atoms with Crippen LogP contribution >= 0.6 is 0 Å². The lowest BCUT2D eigenvalue weighted by molar-refractivity contribution is -0.145. The van der Waals surface area contributed by atoms with Gasteiger partial charge in [-0.05, 0) is 6.42 Å². The summed E-state index contributed by atoms with van der Waals surface area (Å²) in [7, 11) is 0. The van der Waals surface area contributed by atoms with Crippen LogP contribution in [-0.2, 0) is 14.3 Å². The number of esters is 1. The fraction of sp³-hybridized carbons (Fsp3) is 0.727. The van der Waals surface area contributed by atoms with Crippen LogP contribution < -0.4 is 0 Å². The summed E-state index contributed by atoms with van der Waals surface area (Å²) in [5.41, 5.74) is 0. The van der Waals surface area contributed by atoms with Crippen LogP contribution in [0.15, 0.2) is 0 Å². The van der Waals surface area contributed by atoms with Crippen LogP contribution in [-0.4, -0.2) is 25.8 Å². The van der Waals surface area contributed by atoms with Gasteiger partial charge >= 0.3 is 5.97 Å². The largest absolute Gasteiger partial charge is 0.463 e. The molecule has 0 aromatic rings. The Kier molecular flexibility index (Phi) is 9.35. The second kappa shape index (κ2) is 10.1. The summed E-state index contributed by atoms with van der Waals surface area (Å²) in [4.78, 5) is 10.9. The molecule has 0 aromatic carbocycles. The Balaban J connectivity index is 3.11. The minimum Gasteiger partial charge on any atom is -0.463 e. The number of unbranched alkanes of at least 4 members (excludes halogenated alkanes) is 1. The van der Waals surface area contributed by atoms with Gasteiger partial charge in [-0.15, -0.1) is 12.3 Å². The highest BCUT2D eigenvalue weighted by atomic mass is 16.6. The summed E-state index contributed by atoms with van der Waals surface area (Å²) >= 11 is 0. The van der Waals surface area contributed by atoms with Crippen LogP contribution in [0.1, 0.15) is 32.6 Å². The average molecular weight is 198 g/mol. The Morgan fingerprint density at radius 1 is 1.36 bits per heavy atom. The molecule has 0 aliphatic rings. The highest BCUT2D eigenvalue weighted by molar-refractivity contribution is 5.69. The Morgan fingerprint density at radius 2 is 2.14 bits per heavy atom. The molecule has 0 fully saturated rings. The summed E-state index contributed by atoms with van der Waals surface area (Å²) in [6.07, 6.45) is 7.90. The van der Waals surface area contributed by atoms with E-state index < -0.39 is 0 Å². The predicted molar refractivity (Wildman–Crippen MR) is 54.8 cm³/mol. The molecule has 0 amide bonds. The van der Waals surface area contributed by atoms with Gasteiger partial charge in [-0.1, -0.05) is 13.3 Å². The molecule has 0 heterocycles. The standard InChI is InChI=1S/C11H18O3/c1-3-5-7-11(12)14-10-9-13-8-6-4-2/h1H,4-10H2,2H3. The molecule has 3 nitrogen and oxygen atoms in total. The second-order valence-corrected chi connectivity index (χ2v) is 2.89. The monoisotopic (exact) mass is 198 g/mol. The molecule has 0 saturated heterocycles. The Labute approximate surface area is 85.8 Å². The van der Waals surface area contributed by atoms with Crippen molar-refractivity contribution in [3.63, 3.8) is 0 Å². The van der Waals surface area contributed by atoms with Gasteiger partial charge in [-0.25, -0.2) is 0 Å². The maximum atomic E-state index is 10.9. The molecule has 0 saturated carbocycles. The van der Waals surface area contributed by atoms with Gasteiger partial charge in [0.2, 0.25) is 0 Å². The summed E-state index contributed by atoms with van der Waals surface area (Å²) in [5.74, 6) is 2.14. The van der Waals surface area contributed by atoms with Gasteiger partial charge in [-0.2, -0.15) is 0 Å². The SMILES string of the molecule is C#CCCC(=O)OCCOCCCC. The van der Waals surface area contributed by atoms with Crippen molar-refractivity contribution in [2.24, 2.45) is 0 Å². The number of hydrogen-bond donors (Lipinski definition) is 0. The van der Waals surface area contributed by atoms with Gasteiger partial charge in [0.15, 0.2) is 0 Å². The molecule has 0 bridgehead atoms. The van der Waals surface area contributed by atoms with E-state index in [1.165, 1.54) is 0 Å². The van der Waals surface area contributed by atoms with Crippen molar-refractivity contribution >= 4 is 5.97 Å². The van der Waals surface area contributed by atoms with E-state index in [4.69, 9.17) is 15.9 Å². The number of terminal acetylenes is 1. The van der Waals surface area contributed by atoms with Crippen LogP contribution in [0.25, 0.3) is 0 Å². The van der Waals surface area contributed by atoms with E-state index in [1.807, 2.05) is 0 Å². The molecule has 80 valence electrons. The Bertz CT molecular complexity index is 181. The minimum absolute atomic E-state index is 0.248. The maximum absolute atomic E-state index is 10.9. The molecule has 0 atom stereocenters. The van der Waals surface area contributed by atoms with Crippen molar-refractivity contribution in [1.82, 2.24) is 0 Å². The highest BCUT2D eigenvalue weighted by Gasteiger charge is 2.00. The minimum atomic E-state index is -0.248. The van der Waals surface area contributed by atoms with Crippen molar-refractivity contribution in [2.75, 3.05) is 19.8 Å². The van der Waals surface area contributed by atoms with Crippen LogP contribution in [0.3, 0.4) is 0 Å². The van der Waals surface area contributed by atoms with Gasteiger partial charge < -0.3 is 9.47 Å². The zero-order chi connectivity index (χ0) is 10.6. The molecular weight excluding hydrogens is 180 g/mol. The second-order valence-electron chi connectivity index (χ2n) is 2.89. The first-order valence-corrected chi connectivity index (χ1v) is 4.98. The third-order valence-electron chi connectivity index (χ3n) is 1.61. The summed E-state index contributed by atoms with van der Waals surface area (Å²) in [6.45, 7) is 3.64. The van der Waals surface area contributed by atoms with Gasteiger partial charge in [0.25, 0.3) is 0 Å². The normalized spacial score (nSPS) is 9.43. The fourth-order valence-electron chi connectivity index (χ4n) is 0.809. The van der Waals surface area contributed by atoms with Crippen LogP contribution in [0.4, 0.5) is 0 Å². The van der Waals surface area contributed by atoms with E-state index in [0.717, 1.165) is 19.4 Å². The summed E-state index contributed by atoms with van der Waals surface area (Å²) in [5, 5.41) is 0. The number of rotatable bonds is 8. The predicted octanol–water partition coefficient (Wildman–Crippen LogP) is 1.76. The van der Waals surface area contributed by atoms with Gasteiger partial charge in [-0.3, -0.25) is 4.79 Å². The highest BCUT2D eigenvalue weighted by Crippen LogP contribution is 1.92. The lowest BCUT2D eigenvalue weighted by Crippen LogP contribution is -2.10. The molecule has 3 heteroatoms. The topological polar surface area (TPSA) is 35.5 Å². The number of hydrogen-bond acceptors (Lipinski definition) is 3.